The fourth-order valence-corrected chi connectivity index (χ4v) is 4.91. The van der Waals surface area contributed by atoms with Crippen LogP contribution in [0.4, 0.5) is 8.78 Å². The van der Waals surface area contributed by atoms with Gasteiger partial charge in [0.1, 0.15) is 11.4 Å². The molecule has 3 heterocycles. The van der Waals surface area contributed by atoms with Crippen molar-refractivity contribution in [2.75, 3.05) is 6.61 Å². The molecule has 1 atom stereocenters. The number of fused-ring (bicyclic) bond motifs is 1. The normalized spacial score (nSPS) is 14.7. The maximum absolute atomic E-state index is 13.0. The molecule has 9 nitrogen and oxygen atoms in total. The number of hydrogen-bond acceptors (Lipinski definition) is 6. The van der Waals surface area contributed by atoms with Gasteiger partial charge in [-0.1, -0.05) is 29.8 Å². The monoisotopic (exact) mass is 485 g/mol. The summed E-state index contributed by atoms with van der Waals surface area (Å²) in [6, 6.07) is 6.73. The van der Waals surface area contributed by atoms with E-state index in [0.29, 0.717) is 21.8 Å². The van der Waals surface area contributed by atoms with E-state index in [2.05, 4.69) is 10.2 Å². The highest BCUT2D eigenvalue weighted by molar-refractivity contribution is 7.89. The zero-order chi connectivity index (χ0) is 23.0. The molecule has 32 heavy (non-hydrogen) atoms. The number of rotatable bonds is 7. The molecule has 1 aliphatic heterocycles. The smallest absolute Gasteiger partial charge is 0.286 e. The van der Waals surface area contributed by atoms with Crippen LogP contribution in [-0.4, -0.2) is 56.3 Å². The minimum absolute atomic E-state index is 0.0578. The van der Waals surface area contributed by atoms with Crippen LogP contribution in [-0.2, 0) is 34.5 Å². The first-order valence-electron chi connectivity index (χ1n) is 9.48. The van der Waals surface area contributed by atoms with E-state index < -0.39 is 35.5 Å². The highest BCUT2D eigenvalue weighted by atomic mass is 35.5. The average molecular weight is 486 g/mol. The molecule has 0 bridgehead atoms. The Bertz CT molecular complexity index is 1240. The second-order valence-corrected chi connectivity index (χ2v) is 9.42. The lowest BCUT2D eigenvalue weighted by atomic mass is 9.98. The van der Waals surface area contributed by atoms with Gasteiger partial charge in [0.25, 0.3) is 16.4 Å². The zero-order valence-electron chi connectivity index (χ0n) is 16.5. The van der Waals surface area contributed by atoms with Gasteiger partial charge in [-0.05, 0) is 11.6 Å². The molecule has 0 fully saturated rings. The van der Waals surface area contributed by atoms with Gasteiger partial charge in [-0.15, -0.1) is 0 Å². The van der Waals surface area contributed by atoms with Gasteiger partial charge < -0.3 is 10.0 Å². The molecule has 3 aromatic rings. The molecule has 0 radical (unpaired) electrons. The lowest BCUT2D eigenvalue weighted by Gasteiger charge is -2.22. The van der Waals surface area contributed by atoms with Crippen molar-refractivity contribution in [1.82, 2.24) is 23.9 Å². The SMILES string of the molecule is O=C([C@H](CO)c1ccccc1Cl)N1Cc2cn(S(=O)(=O)c3cnn(CC(F)F)c3)nc2C1. The molecule has 170 valence electrons. The molecule has 1 aromatic carbocycles. The second-order valence-electron chi connectivity index (χ2n) is 7.22. The molecule has 0 saturated carbocycles. The lowest BCUT2D eigenvalue weighted by molar-refractivity contribution is -0.134. The molecule has 1 amide bonds. The molecule has 2 aromatic heterocycles. The molecule has 0 saturated heterocycles. The quantitative estimate of drug-likeness (QED) is 0.547. The standard InChI is InChI=1S/C19H18ClF2N5O4S/c20-16-4-2-1-3-14(16)15(11-28)19(29)25-6-12-7-27(24-17(12)9-25)32(30,31)13-5-23-26(8-13)10-18(21)22/h1-5,7-8,15,18,28H,6,9-11H2/t15-/m1/s1. The Kier molecular flexibility index (Phi) is 6.01. The Morgan fingerprint density at radius 1 is 1.22 bits per heavy atom. The predicted octanol–water partition coefficient (Wildman–Crippen LogP) is 1.85. The van der Waals surface area contributed by atoms with E-state index in [0.717, 1.165) is 21.2 Å². The third kappa shape index (κ3) is 4.12. The highest BCUT2D eigenvalue weighted by Gasteiger charge is 2.34. The van der Waals surface area contributed by atoms with Crippen molar-refractivity contribution in [3.63, 3.8) is 0 Å². The molecule has 0 spiro atoms. The maximum atomic E-state index is 13.0. The van der Waals surface area contributed by atoms with Crippen LogP contribution in [0, 0.1) is 0 Å². The second kappa shape index (κ2) is 8.60. The van der Waals surface area contributed by atoms with E-state index in [4.69, 9.17) is 11.6 Å². The fourth-order valence-electron chi connectivity index (χ4n) is 3.52. The largest absolute Gasteiger partial charge is 0.395 e. The lowest BCUT2D eigenvalue weighted by Crippen LogP contribution is -2.33. The number of hydrogen-bond donors (Lipinski definition) is 1. The molecular weight excluding hydrogens is 468 g/mol. The van der Waals surface area contributed by atoms with Gasteiger partial charge in [0.2, 0.25) is 5.91 Å². The van der Waals surface area contributed by atoms with Gasteiger partial charge in [0, 0.05) is 29.5 Å². The van der Waals surface area contributed by atoms with Crippen LogP contribution in [0.5, 0.6) is 0 Å². The first-order chi connectivity index (χ1) is 15.2. The predicted molar refractivity (Wildman–Crippen MR) is 109 cm³/mol. The number of carbonyl (C=O) groups is 1. The van der Waals surface area contributed by atoms with E-state index in [-0.39, 0.29) is 23.9 Å². The minimum Gasteiger partial charge on any atom is -0.395 e. The third-order valence-electron chi connectivity index (χ3n) is 5.11. The summed E-state index contributed by atoms with van der Waals surface area (Å²) in [4.78, 5) is 14.2. The number of aromatic nitrogens is 4. The summed E-state index contributed by atoms with van der Waals surface area (Å²) in [6.07, 6.45) is 0.609. The van der Waals surface area contributed by atoms with Gasteiger partial charge in [-0.2, -0.15) is 22.7 Å². The number of nitrogens with zero attached hydrogens (tertiary/aromatic N) is 5. The van der Waals surface area contributed by atoms with Crippen LogP contribution < -0.4 is 0 Å². The summed E-state index contributed by atoms with van der Waals surface area (Å²) in [5.74, 6) is -1.22. The third-order valence-corrected chi connectivity index (χ3v) is 6.94. The molecule has 13 heteroatoms. The number of alkyl halides is 2. The Balaban J connectivity index is 1.52. The van der Waals surface area contributed by atoms with Gasteiger partial charge in [0.05, 0.1) is 31.0 Å². The Morgan fingerprint density at radius 2 is 1.97 bits per heavy atom. The summed E-state index contributed by atoms with van der Waals surface area (Å²) >= 11 is 6.16. The molecule has 1 N–H and O–H groups in total. The summed E-state index contributed by atoms with van der Waals surface area (Å²) in [7, 11) is -4.12. The van der Waals surface area contributed by atoms with Crippen molar-refractivity contribution in [3.8, 4) is 0 Å². The Morgan fingerprint density at radius 3 is 2.62 bits per heavy atom. The van der Waals surface area contributed by atoms with Crippen LogP contribution >= 0.6 is 11.6 Å². The molecule has 1 aliphatic rings. The van der Waals surface area contributed by atoms with E-state index in [1.165, 1.54) is 11.1 Å². The highest BCUT2D eigenvalue weighted by Crippen LogP contribution is 2.30. The van der Waals surface area contributed by atoms with Crippen LogP contribution in [0.3, 0.4) is 0 Å². The van der Waals surface area contributed by atoms with Gasteiger partial charge in [0.15, 0.2) is 0 Å². The van der Waals surface area contributed by atoms with Gasteiger partial charge in [-0.3, -0.25) is 9.48 Å². The maximum Gasteiger partial charge on any atom is 0.286 e. The minimum atomic E-state index is -4.12. The van der Waals surface area contributed by atoms with Crippen molar-refractivity contribution in [1.29, 1.82) is 0 Å². The van der Waals surface area contributed by atoms with Crippen molar-refractivity contribution in [2.24, 2.45) is 0 Å². The summed E-state index contributed by atoms with van der Waals surface area (Å²) < 4.78 is 52.1. The van der Waals surface area contributed by atoms with Crippen LogP contribution in [0.15, 0.2) is 47.8 Å². The number of aliphatic hydroxyl groups excluding tert-OH is 1. The molecule has 4 rings (SSSR count). The first kappa shape index (κ1) is 22.4. The number of aliphatic hydroxyl groups is 1. The van der Waals surface area contributed by atoms with E-state index in [9.17, 15) is 27.1 Å². The number of benzene rings is 1. The fraction of sp³-hybridized carbons (Fsp3) is 0.316. The average Bonchev–Trinajstić information content (AvgIpc) is 3.44. The van der Waals surface area contributed by atoms with Crippen molar-refractivity contribution < 1.29 is 27.1 Å². The van der Waals surface area contributed by atoms with Crippen LogP contribution in [0.1, 0.15) is 22.7 Å². The number of carbonyl (C=O) groups excluding carboxylic acids is 1. The topological polar surface area (TPSA) is 110 Å². The zero-order valence-corrected chi connectivity index (χ0v) is 18.0. The van der Waals surface area contributed by atoms with E-state index in [1.807, 2.05) is 0 Å². The number of halogens is 3. The van der Waals surface area contributed by atoms with E-state index in [1.54, 1.807) is 24.3 Å². The van der Waals surface area contributed by atoms with Gasteiger partial charge >= 0.3 is 0 Å². The summed E-state index contributed by atoms with van der Waals surface area (Å²) in [5, 5.41) is 17.9. The van der Waals surface area contributed by atoms with Crippen molar-refractivity contribution in [2.45, 2.75) is 36.9 Å². The summed E-state index contributed by atoms with van der Waals surface area (Å²) in [6.45, 7) is -0.995. The molecule has 0 unspecified atom stereocenters. The Hall–Kier alpha value is -2.83. The Labute approximate surface area is 186 Å². The van der Waals surface area contributed by atoms with Gasteiger partial charge in [-0.25, -0.2) is 8.78 Å². The summed E-state index contributed by atoms with van der Waals surface area (Å²) in [5.41, 5.74) is 1.41. The van der Waals surface area contributed by atoms with Crippen molar-refractivity contribution >= 4 is 27.5 Å². The molecule has 0 aliphatic carbocycles. The molecular formula is C19H18ClF2N5O4S. The van der Waals surface area contributed by atoms with E-state index >= 15 is 0 Å². The first-order valence-corrected chi connectivity index (χ1v) is 11.3. The van der Waals surface area contributed by atoms with Crippen molar-refractivity contribution in [3.05, 3.63) is 64.7 Å². The number of amides is 1. The van der Waals surface area contributed by atoms with Crippen LogP contribution in [0.25, 0.3) is 0 Å². The van der Waals surface area contributed by atoms with Crippen LogP contribution in [0.2, 0.25) is 5.02 Å².